The van der Waals surface area contributed by atoms with Crippen LogP contribution in [0.3, 0.4) is 0 Å². The fraction of sp³-hybridized carbons (Fsp3) is 0.846. The number of hydrogen-bond acceptors (Lipinski definition) is 3. The number of aliphatic hydroxyl groups is 1. The molecule has 0 aliphatic carbocycles. The van der Waals surface area contributed by atoms with E-state index in [1.165, 1.54) is 6.92 Å². The molecule has 0 saturated carbocycles. The fourth-order valence-corrected chi connectivity index (χ4v) is 1.45. The molecule has 0 bridgehead atoms. The minimum absolute atomic E-state index is 0.00930. The van der Waals surface area contributed by atoms with Crippen molar-refractivity contribution >= 4 is 11.8 Å². The van der Waals surface area contributed by atoms with Gasteiger partial charge in [-0.15, -0.1) is 0 Å². The van der Waals surface area contributed by atoms with E-state index in [4.69, 9.17) is 0 Å². The first-order chi connectivity index (χ1) is 8.46. The van der Waals surface area contributed by atoms with Crippen molar-refractivity contribution in [3.63, 3.8) is 0 Å². The number of aliphatic hydroxyl groups excluding tert-OH is 1. The molecule has 0 rings (SSSR count). The van der Waals surface area contributed by atoms with Crippen LogP contribution in [0.15, 0.2) is 0 Å². The Morgan fingerprint density at radius 3 is 2.11 bits per heavy atom. The normalized spacial score (nSPS) is 13.8. The van der Waals surface area contributed by atoms with Crippen LogP contribution in [0.4, 0.5) is 0 Å². The molecule has 0 aromatic carbocycles. The molecule has 0 aromatic rings. The second-order valence-electron chi connectivity index (χ2n) is 4.87. The first kappa shape index (κ1) is 16.9. The van der Waals surface area contributed by atoms with E-state index in [1.54, 1.807) is 6.92 Å². The lowest BCUT2D eigenvalue weighted by Crippen LogP contribution is -2.41. The Hall–Kier alpha value is -1.10. The van der Waals surface area contributed by atoms with Crippen LogP contribution in [0.5, 0.6) is 0 Å². The van der Waals surface area contributed by atoms with Crippen molar-refractivity contribution in [3.8, 4) is 0 Å². The number of amides is 2. The van der Waals surface area contributed by atoms with Gasteiger partial charge in [0.25, 0.3) is 0 Å². The number of hydrogen-bond donors (Lipinski definition) is 3. The van der Waals surface area contributed by atoms with Gasteiger partial charge in [-0.1, -0.05) is 6.92 Å². The molecule has 0 aliphatic heterocycles. The molecule has 0 spiro atoms. The van der Waals surface area contributed by atoms with Crippen molar-refractivity contribution in [1.29, 1.82) is 0 Å². The van der Waals surface area contributed by atoms with Gasteiger partial charge >= 0.3 is 0 Å². The monoisotopic (exact) mass is 258 g/mol. The molecule has 5 nitrogen and oxygen atoms in total. The summed E-state index contributed by atoms with van der Waals surface area (Å²) in [5.41, 5.74) is -0.670. The highest BCUT2D eigenvalue weighted by Crippen LogP contribution is 2.19. The van der Waals surface area contributed by atoms with E-state index in [0.29, 0.717) is 19.5 Å². The number of carbonyl (C=O) groups excluding carboxylic acids is 2. The van der Waals surface area contributed by atoms with E-state index < -0.39 is 5.41 Å². The molecule has 3 N–H and O–H groups in total. The molecule has 0 heterocycles. The van der Waals surface area contributed by atoms with E-state index >= 15 is 0 Å². The molecule has 0 aromatic heterocycles. The zero-order chi connectivity index (χ0) is 14.0. The summed E-state index contributed by atoms with van der Waals surface area (Å²) in [5.74, 6) is -0.0979. The first-order valence-electron chi connectivity index (χ1n) is 6.60. The van der Waals surface area contributed by atoms with Crippen LogP contribution in [-0.2, 0) is 9.59 Å². The molecule has 5 heteroatoms. The lowest BCUT2D eigenvalue weighted by atomic mass is 9.87. The predicted molar refractivity (Wildman–Crippen MR) is 71.0 cm³/mol. The summed E-state index contributed by atoms with van der Waals surface area (Å²) in [5, 5.41) is 14.7. The largest absolute Gasteiger partial charge is 0.395 e. The van der Waals surface area contributed by atoms with Gasteiger partial charge in [0.05, 0.1) is 12.0 Å². The third kappa shape index (κ3) is 6.59. The highest BCUT2D eigenvalue weighted by molar-refractivity contribution is 5.82. The average molecular weight is 258 g/mol. The Morgan fingerprint density at radius 2 is 1.67 bits per heavy atom. The molecular formula is C13H26N2O3. The molecule has 18 heavy (non-hydrogen) atoms. The van der Waals surface area contributed by atoms with Gasteiger partial charge in [-0.3, -0.25) is 9.59 Å². The maximum atomic E-state index is 11.8. The molecule has 0 saturated heterocycles. The van der Waals surface area contributed by atoms with Crippen molar-refractivity contribution in [2.75, 3.05) is 19.7 Å². The molecule has 0 radical (unpaired) electrons. The number of carbonyl (C=O) groups is 2. The predicted octanol–water partition coefficient (Wildman–Crippen LogP) is 0.818. The zero-order valence-electron chi connectivity index (χ0n) is 11.7. The van der Waals surface area contributed by atoms with Crippen LogP contribution < -0.4 is 10.6 Å². The highest BCUT2D eigenvalue weighted by Gasteiger charge is 2.29. The highest BCUT2D eigenvalue weighted by atomic mass is 16.3. The number of nitrogens with one attached hydrogen (secondary N) is 2. The summed E-state index contributed by atoms with van der Waals surface area (Å²) < 4.78 is 0. The fourth-order valence-electron chi connectivity index (χ4n) is 1.45. The summed E-state index contributed by atoms with van der Waals surface area (Å²) in [6.07, 6.45) is 3.39. The van der Waals surface area contributed by atoms with Gasteiger partial charge in [-0.05, 0) is 32.6 Å². The van der Waals surface area contributed by atoms with Crippen LogP contribution in [0.2, 0.25) is 0 Å². The van der Waals surface area contributed by atoms with Gasteiger partial charge in [0.15, 0.2) is 0 Å². The smallest absolute Gasteiger partial charge is 0.228 e. The molecule has 2 amide bonds. The van der Waals surface area contributed by atoms with Crippen molar-refractivity contribution in [2.45, 2.75) is 46.5 Å². The third-order valence-electron chi connectivity index (χ3n) is 3.19. The van der Waals surface area contributed by atoms with Gasteiger partial charge in [0.2, 0.25) is 11.8 Å². The second kappa shape index (κ2) is 8.91. The quantitative estimate of drug-likeness (QED) is 0.536. The van der Waals surface area contributed by atoms with E-state index in [-0.39, 0.29) is 18.4 Å². The van der Waals surface area contributed by atoms with E-state index in [9.17, 15) is 14.7 Å². The van der Waals surface area contributed by atoms with Crippen LogP contribution in [0.1, 0.15) is 46.5 Å². The van der Waals surface area contributed by atoms with E-state index in [1.807, 2.05) is 6.92 Å². The van der Waals surface area contributed by atoms with Crippen LogP contribution in [0.25, 0.3) is 0 Å². The molecule has 106 valence electrons. The van der Waals surface area contributed by atoms with Gasteiger partial charge in [0, 0.05) is 20.0 Å². The van der Waals surface area contributed by atoms with Crippen molar-refractivity contribution in [3.05, 3.63) is 0 Å². The third-order valence-corrected chi connectivity index (χ3v) is 3.19. The maximum Gasteiger partial charge on any atom is 0.228 e. The van der Waals surface area contributed by atoms with E-state index in [2.05, 4.69) is 10.6 Å². The zero-order valence-corrected chi connectivity index (χ0v) is 11.7. The maximum absolute atomic E-state index is 11.8. The van der Waals surface area contributed by atoms with Gasteiger partial charge in [0.1, 0.15) is 0 Å². The van der Waals surface area contributed by atoms with Crippen molar-refractivity contribution < 1.29 is 14.7 Å². The SMILES string of the molecule is CCC(C)(CO)C(=O)NCCCCCNC(C)=O. The molecule has 1 unspecified atom stereocenters. The Morgan fingerprint density at radius 1 is 1.11 bits per heavy atom. The van der Waals surface area contributed by atoms with Gasteiger partial charge in [-0.25, -0.2) is 0 Å². The molecule has 0 aliphatic rings. The average Bonchev–Trinajstić information content (AvgIpc) is 2.35. The van der Waals surface area contributed by atoms with E-state index in [0.717, 1.165) is 19.3 Å². The molecule has 0 fully saturated rings. The van der Waals surface area contributed by atoms with Crippen molar-refractivity contribution in [1.82, 2.24) is 10.6 Å². The second-order valence-corrected chi connectivity index (χ2v) is 4.87. The topological polar surface area (TPSA) is 78.4 Å². The Bertz CT molecular complexity index is 263. The van der Waals surface area contributed by atoms with Gasteiger partial charge in [-0.2, -0.15) is 0 Å². The molecule has 1 atom stereocenters. The standard InChI is InChI=1S/C13H26N2O3/c1-4-13(3,10-16)12(18)15-9-7-5-6-8-14-11(2)17/h16H,4-10H2,1-3H3,(H,14,17)(H,15,18). The van der Waals surface area contributed by atoms with Crippen LogP contribution in [0, 0.1) is 5.41 Å². The van der Waals surface area contributed by atoms with Crippen molar-refractivity contribution in [2.24, 2.45) is 5.41 Å². The lowest BCUT2D eigenvalue weighted by molar-refractivity contribution is -0.132. The lowest BCUT2D eigenvalue weighted by Gasteiger charge is -2.24. The number of rotatable bonds is 9. The number of unbranched alkanes of at least 4 members (excludes halogenated alkanes) is 2. The van der Waals surface area contributed by atoms with Gasteiger partial charge < -0.3 is 15.7 Å². The Kier molecular flexibility index (Phi) is 8.37. The Balaban J connectivity index is 3.60. The molecular weight excluding hydrogens is 232 g/mol. The van der Waals surface area contributed by atoms with Crippen LogP contribution in [-0.4, -0.2) is 36.6 Å². The summed E-state index contributed by atoms with van der Waals surface area (Å²) in [6.45, 7) is 6.34. The summed E-state index contributed by atoms with van der Waals surface area (Å²) in [7, 11) is 0. The van der Waals surface area contributed by atoms with Crippen LogP contribution >= 0.6 is 0 Å². The summed E-state index contributed by atoms with van der Waals surface area (Å²) in [6, 6.07) is 0. The Labute approximate surface area is 109 Å². The minimum atomic E-state index is -0.670. The minimum Gasteiger partial charge on any atom is -0.395 e. The first-order valence-corrected chi connectivity index (χ1v) is 6.60. The summed E-state index contributed by atoms with van der Waals surface area (Å²) in [4.78, 5) is 22.4. The summed E-state index contributed by atoms with van der Waals surface area (Å²) >= 11 is 0.